The van der Waals surface area contributed by atoms with Gasteiger partial charge in [-0.3, -0.25) is 4.79 Å². The summed E-state index contributed by atoms with van der Waals surface area (Å²) in [6.07, 6.45) is -0.802. The third-order valence-electron chi connectivity index (χ3n) is 5.31. The molecule has 3 aromatic rings. The van der Waals surface area contributed by atoms with E-state index >= 15 is 0 Å². The maximum Gasteiger partial charge on any atom is 0.268 e. The van der Waals surface area contributed by atoms with E-state index in [0.717, 1.165) is 21.3 Å². The smallest absolute Gasteiger partial charge is 0.268 e. The topological polar surface area (TPSA) is 119 Å². The normalized spacial score (nSPS) is 19.7. The fourth-order valence-corrected chi connectivity index (χ4v) is 6.90. The molecule has 4 N–H and O–H groups in total. The van der Waals surface area contributed by atoms with Crippen LogP contribution in [0.1, 0.15) is 27.5 Å². The van der Waals surface area contributed by atoms with Crippen molar-refractivity contribution in [2.75, 3.05) is 18.1 Å². The van der Waals surface area contributed by atoms with E-state index in [1.54, 1.807) is 12.1 Å². The van der Waals surface area contributed by atoms with Gasteiger partial charge in [0.15, 0.2) is 9.84 Å². The lowest BCUT2D eigenvalue weighted by Gasteiger charge is -2.22. The number of nitrogens with one attached hydrogen (secondary N) is 2. The molecule has 30 heavy (non-hydrogen) atoms. The van der Waals surface area contributed by atoms with E-state index < -0.39 is 40.3 Å². The van der Waals surface area contributed by atoms with Gasteiger partial charge in [0, 0.05) is 17.3 Å². The molecule has 1 aliphatic rings. The molecule has 0 saturated heterocycles. The largest absolute Gasteiger partial charge is 0.394 e. The van der Waals surface area contributed by atoms with Crippen molar-refractivity contribution in [3.05, 3.63) is 57.6 Å². The summed E-state index contributed by atoms with van der Waals surface area (Å²) in [5.41, 5.74) is 2.26. The number of fused-ring (bicyclic) bond motifs is 2. The average Bonchev–Trinajstić information content (AvgIpc) is 3.32. The van der Waals surface area contributed by atoms with Crippen molar-refractivity contribution in [1.82, 2.24) is 10.3 Å². The van der Waals surface area contributed by atoms with Gasteiger partial charge in [-0.2, -0.15) is 0 Å². The molecule has 0 saturated carbocycles. The summed E-state index contributed by atoms with van der Waals surface area (Å²) in [4.78, 5) is 16.7. The number of aliphatic hydroxyl groups is 2. The van der Waals surface area contributed by atoms with Crippen molar-refractivity contribution < 1.29 is 23.4 Å². The lowest BCUT2D eigenvalue weighted by Crippen LogP contribution is -2.41. The Morgan fingerprint density at radius 2 is 2.10 bits per heavy atom. The molecular formula is C20H21ClN2O5S2. The Hall–Kier alpha value is -1.91. The number of thiophene rings is 1. The zero-order valence-electron chi connectivity index (χ0n) is 15.8. The van der Waals surface area contributed by atoms with E-state index in [0.29, 0.717) is 16.5 Å². The second kappa shape index (κ2) is 8.32. The molecule has 10 heteroatoms. The Labute approximate surface area is 182 Å². The van der Waals surface area contributed by atoms with Crippen LogP contribution in [-0.2, 0) is 16.3 Å². The summed E-state index contributed by atoms with van der Waals surface area (Å²) in [6, 6.07) is 10.6. The molecule has 1 aromatic carbocycles. The van der Waals surface area contributed by atoms with Crippen LogP contribution in [0.2, 0.25) is 4.34 Å². The van der Waals surface area contributed by atoms with Crippen molar-refractivity contribution in [2.45, 2.75) is 24.5 Å². The van der Waals surface area contributed by atoms with Gasteiger partial charge in [-0.1, -0.05) is 35.9 Å². The highest BCUT2D eigenvalue weighted by Gasteiger charge is 2.37. The number of benzene rings is 1. The van der Waals surface area contributed by atoms with Crippen molar-refractivity contribution in [2.24, 2.45) is 0 Å². The summed E-state index contributed by atoms with van der Waals surface area (Å²) in [6.45, 7) is -0.616. The number of aromatic amines is 1. The Bertz CT molecular complexity index is 1160. The number of carbonyl (C=O) groups is 1. The van der Waals surface area contributed by atoms with Crippen LogP contribution >= 0.6 is 22.9 Å². The summed E-state index contributed by atoms with van der Waals surface area (Å²) < 4.78 is 25.8. The molecule has 2 heterocycles. The van der Waals surface area contributed by atoms with Gasteiger partial charge in [0.25, 0.3) is 5.91 Å². The van der Waals surface area contributed by atoms with E-state index in [2.05, 4.69) is 10.3 Å². The highest BCUT2D eigenvalue weighted by molar-refractivity contribution is 7.91. The molecule has 1 amide bonds. The summed E-state index contributed by atoms with van der Waals surface area (Å²) >= 11 is 7.33. The van der Waals surface area contributed by atoms with Crippen molar-refractivity contribution in [1.29, 1.82) is 0 Å². The number of halogens is 1. The molecule has 0 bridgehead atoms. The zero-order valence-corrected chi connectivity index (χ0v) is 18.2. The second-order valence-electron chi connectivity index (χ2n) is 7.52. The predicted molar refractivity (Wildman–Crippen MR) is 117 cm³/mol. The second-order valence-corrected chi connectivity index (χ2v) is 11.4. The Morgan fingerprint density at radius 1 is 1.33 bits per heavy atom. The molecule has 2 aromatic heterocycles. The number of amides is 1. The van der Waals surface area contributed by atoms with Gasteiger partial charge in [0.1, 0.15) is 10.5 Å². The number of hydrogen-bond acceptors (Lipinski definition) is 6. The fourth-order valence-electron chi connectivity index (χ4n) is 3.98. The summed E-state index contributed by atoms with van der Waals surface area (Å²) in [7, 11) is -3.65. The number of hydrogen-bond donors (Lipinski definition) is 4. The van der Waals surface area contributed by atoms with Crippen LogP contribution in [-0.4, -0.2) is 59.8 Å². The summed E-state index contributed by atoms with van der Waals surface area (Å²) in [5, 5.41) is 22.4. The number of carbonyl (C=O) groups excluding carboxylic acids is 1. The predicted octanol–water partition coefficient (Wildman–Crippen LogP) is 2.09. The monoisotopic (exact) mass is 468 g/mol. The van der Waals surface area contributed by atoms with E-state index in [-0.39, 0.29) is 11.7 Å². The number of aliphatic hydroxyl groups excluding tert-OH is 2. The van der Waals surface area contributed by atoms with E-state index in [1.807, 2.05) is 24.3 Å². The van der Waals surface area contributed by atoms with Crippen LogP contribution in [0.15, 0.2) is 36.4 Å². The number of aromatic nitrogens is 1. The van der Waals surface area contributed by atoms with Crippen molar-refractivity contribution in [3.63, 3.8) is 0 Å². The third kappa shape index (κ3) is 4.40. The van der Waals surface area contributed by atoms with Crippen LogP contribution in [0.25, 0.3) is 10.2 Å². The fraction of sp³-hybridized carbons (Fsp3) is 0.350. The van der Waals surface area contributed by atoms with Crippen molar-refractivity contribution in [3.8, 4) is 0 Å². The molecule has 1 aliphatic carbocycles. The van der Waals surface area contributed by atoms with Gasteiger partial charge in [-0.05, 0) is 29.7 Å². The Kier molecular flexibility index (Phi) is 5.91. The van der Waals surface area contributed by atoms with Crippen LogP contribution in [0, 0.1) is 0 Å². The first-order valence-corrected chi connectivity index (χ1v) is 12.4. The lowest BCUT2D eigenvalue weighted by molar-refractivity contribution is 0.0930. The number of rotatable bonds is 7. The lowest BCUT2D eigenvalue weighted by atomic mass is 10.0. The molecule has 7 nitrogen and oxygen atoms in total. The van der Waals surface area contributed by atoms with E-state index in [9.17, 15) is 18.3 Å². The maximum atomic E-state index is 12.8. The standard InChI is InChI=1S/C20H21ClN2O5S2/c21-18-7-12-6-17(23-20(12)29-18)19(26)22-16-5-11-3-1-2-4-14(11)15(16)10-30(27,28)9-13(25)8-24/h1-4,6-7,13,15-16,23-25H,5,8-10H2,(H,22,26)/t13-,15+,16-/m1/s1. The number of sulfone groups is 1. The van der Waals surface area contributed by atoms with E-state index in [4.69, 9.17) is 16.7 Å². The molecule has 0 radical (unpaired) electrons. The average molecular weight is 469 g/mol. The molecule has 0 aliphatic heterocycles. The van der Waals surface area contributed by atoms with Gasteiger partial charge >= 0.3 is 0 Å². The van der Waals surface area contributed by atoms with Gasteiger partial charge < -0.3 is 20.5 Å². The minimum atomic E-state index is -3.65. The van der Waals surface area contributed by atoms with Crippen molar-refractivity contribution >= 4 is 48.9 Å². The first-order valence-electron chi connectivity index (χ1n) is 9.42. The molecule has 0 unspecified atom stereocenters. The molecule has 0 fully saturated rings. The van der Waals surface area contributed by atoms with Gasteiger partial charge in [0.2, 0.25) is 0 Å². The maximum absolute atomic E-state index is 12.8. The first-order chi connectivity index (χ1) is 14.3. The van der Waals surface area contributed by atoms with E-state index in [1.165, 1.54) is 11.3 Å². The summed E-state index contributed by atoms with van der Waals surface area (Å²) in [5.74, 6) is -1.49. The first kappa shape index (κ1) is 21.3. The minimum Gasteiger partial charge on any atom is -0.394 e. The highest BCUT2D eigenvalue weighted by atomic mass is 35.5. The van der Waals surface area contributed by atoms with Crippen LogP contribution in [0.3, 0.4) is 0 Å². The van der Waals surface area contributed by atoms with Gasteiger partial charge in [-0.25, -0.2) is 8.42 Å². The molecule has 160 valence electrons. The number of H-pyrrole nitrogens is 1. The Morgan fingerprint density at radius 3 is 2.83 bits per heavy atom. The van der Waals surface area contributed by atoms with Crippen LogP contribution in [0.5, 0.6) is 0 Å². The molecule has 3 atom stereocenters. The van der Waals surface area contributed by atoms with Gasteiger partial charge in [0.05, 0.1) is 28.6 Å². The Balaban J connectivity index is 1.56. The minimum absolute atomic E-state index is 0.221. The highest BCUT2D eigenvalue weighted by Crippen LogP contribution is 2.35. The molecular weight excluding hydrogens is 448 g/mol. The SMILES string of the molecule is O=C(N[C@@H]1Cc2ccccc2[C@@H]1CS(=O)(=O)C[C@H](O)CO)c1cc2cc(Cl)sc2[nH]1. The van der Waals surface area contributed by atoms with Gasteiger partial charge in [-0.15, -0.1) is 11.3 Å². The van der Waals surface area contributed by atoms with Crippen LogP contribution < -0.4 is 5.32 Å². The molecule has 0 spiro atoms. The zero-order chi connectivity index (χ0) is 21.5. The molecule has 4 rings (SSSR count). The third-order valence-corrected chi connectivity index (χ3v) is 8.27. The van der Waals surface area contributed by atoms with Crippen LogP contribution in [0.4, 0.5) is 0 Å². The quantitative estimate of drug-likeness (QED) is 0.423.